The second-order valence-electron chi connectivity index (χ2n) is 4.22. The summed E-state index contributed by atoms with van der Waals surface area (Å²) in [6.07, 6.45) is 5.80. The van der Waals surface area contributed by atoms with Gasteiger partial charge in [0.2, 0.25) is 0 Å². The van der Waals surface area contributed by atoms with E-state index in [0.29, 0.717) is 6.04 Å². The number of pyridine rings is 1. The number of rotatable bonds is 5. The van der Waals surface area contributed by atoms with Crippen LogP contribution in [0.1, 0.15) is 26.2 Å². The van der Waals surface area contributed by atoms with Crippen LogP contribution in [0.2, 0.25) is 0 Å². The summed E-state index contributed by atoms with van der Waals surface area (Å²) in [6, 6.07) is 4.78. The highest BCUT2D eigenvalue weighted by Gasteiger charge is 2.35. The number of nitrogens with one attached hydrogen (secondary N) is 2. The van der Waals surface area contributed by atoms with E-state index in [1.807, 2.05) is 19.3 Å². The Kier molecular flexibility index (Phi) is 3.09. The summed E-state index contributed by atoms with van der Waals surface area (Å²) in [5, 5.41) is 6.59. The standard InChI is InChI=1S/C12H19N3/c1-3-4-9-7-11(9)15-10-5-6-14-12(8-10)13-2/h5-6,8-9,11H,3-4,7H2,1-2H3,(H2,13,14,15). The first-order chi connectivity index (χ1) is 7.33. The van der Waals surface area contributed by atoms with Crippen molar-refractivity contribution in [2.24, 2.45) is 5.92 Å². The van der Waals surface area contributed by atoms with Gasteiger partial charge in [-0.25, -0.2) is 4.98 Å². The van der Waals surface area contributed by atoms with E-state index in [0.717, 1.165) is 11.7 Å². The van der Waals surface area contributed by atoms with E-state index < -0.39 is 0 Å². The van der Waals surface area contributed by atoms with Crippen LogP contribution >= 0.6 is 0 Å². The smallest absolute Gasteiger partial charge is 0.127 e. The normalized spacial score (nSPS) is 23.6. The van der Waals surface area contributed by atoms with Crippen molar-refractivity contribution in [1.82, 2.24) is 4.98 Å². The molecule has 1 aliphatic rings. The van der Waals surface area contributed by atoms with Gasteiger partial charge in [-0.2, -0.15) is 0 Å². The van der Waals surface area contributed by atoms with Crippen LogP contribution in [0.25, 0.3) is 0 Å². The van der Waals surface area contributed by atoms with Crippen LogP contribution in [0, 0.1) is 5.92 Å². The van der Waals surface area contributed by atoms with E-state index in [4.69, 9.17) is 0 Å². The van der Waals surface area contributed by atoms with E-state index in [9.17, 15) is 0 Å². The maximum atomic E-state index is 4.19. The lowest BCUT2D eigenvalue weighted by Gasteiger charge is -2.07. The van der Waals surface area contributed by atoms with E-state index in [-0.39, 0.29) is 0 Å². The highest BCUT2D eigenvalue weighted by Crippen LogP contribution is 2.37. The molecule has 1 heterocycles. The van der Waals surface area contributed by atoms with Crippen molar-refractivity contribution in [1.29, 1.82) is 0 Å². The van der Waals surface area contributed by atoms with Gasteiger partial charge in [0.1, 0.15) is 5.82 Å². The molecule has 2 unspecified atom stereocenters. The van der Waals surface area contributed by atoms with Crippen molar-refractivity contribution in [3.05, 3.63) is 18.3 Å². The molecule has 0 bridgehead atoms. The van der Waals surface area contributed by atoms with Gasteiger partial charge in [0.25, 0.3) is 0 Å². The third-order valence-electron chi connectivity index (χ3n) is 2.95. The number of nitrogens with zero attached hydrogens (tertiary/aromatic N) is 1. The molecule has 1 aromatic rings. The first-order valence-electron chi connectivity index (χ1n) is 5.74. The van der Waals surface area contributed by atoms with E-state index in [2.05, 4.69) is 28.6 Å². The summed E-state index contributed by atoms with van der Waals surface area (Å²) < 4.78 is 0. The first-order valence-corrected chi connectivity index (χ1v) is 5.74. The van der Waals surface area contributed by atoms with Crippen molar-refractivity contribution < 1.29 is 0 Å². The van der Waals surface area contributed by atoms with Crippen LogP contribution in [0.5, 0.6) is 0 Å². The maximum absolute atomic E-state index is 4.19. The molecule has 1 aliphatic carbocycles. The summed E-state index contributed by atoms with van der Waals surface area (Å²) in [5.74, 6) is 1.81. The molecule has 1 fully saturated rings. The molecule has 0 saturated heterocycles. The van der Waals surface area contributed by atoms with Gasteiger partial charge in [-0.15, -0.1) is 0 Å². The molecule has 1 aromatic heterocycles. The molecule has 1 saturated carbocycles. The SMILES string of the molecule is CCCC1CC1Nc1ccnc(NC)c1. The zero-order valence-electron chi connectivity index (χ0n) is 9.46. The number of hydrogen-bond donors (Lipinski definition) is 2. The lowest BCUT2D eigenvalue weighted by Crippen LogP contribution is -2.05. The van der Waals surface area contributed by atoms with Crippen molar-refractivity contribution in [3.63, 3.8) is 0 Å². The Labute approximate surface area is 91.3 Å². The van der Waals surface area contributed by atoms with Crippen LogP contribution in [0.4, 0.5) is 11.5 Å². The number of anilines is 2. The summed E-state index contributed by atoms with van der Waals surface area (Å²) in [5.41, 5.74) is 1.18. The van der Waals surface area contributed by atoms with E-state index in [1.165, 1.54) is 24.9 Å². The predicted octanol–water partition coefficient (Wildman–Crippen LogP) is 2.72. The minimum Gasteiger partial charge on any atom is -0.382 e. The minimum atomic E-state index is 0.692. The molecule has 2 N–H and O–H groups in total. The Morgan fingerprint density at radius 2 is 2.40 bits per heavy atom. The highest BCUT2D eigenvalue weighted by molar-refractivity contribution is 5.52. The van der Waals surface area contributed by atoms with Crippen molar-refractivity contribution in [2.45, 2.75) is 32.2 Å². The molecule has 0 radical (unpaired) electrons. The fraction of sp³-hybridized carbons (Fsp3) is 0.583. The zero-order valence-corrected chi connectivity index (χ0v) is 9.46. The number of aromatic nitrogens is 1. The van der Waals surface area contributed by atoms with Crippen molar-refractivity contribution in [2.75, 3.05) is 17.7 Å². The Bertz CT molecular complexity index is 324. The molecule has 15 heavy (non-hydrogen) atoms. The second-order valence-corrected chi connectivity index (χ2v) is 4.22. The first kappa shape index (κ1) is 10.3. The summed E-state index contributed by atoms with van der Waals surface area (Å²) >= 11 is 0. The highest BCUT2D eigenvalue weighted by atomic mass is 15.0. The van der Waals surface area contributed by atoms with Gasteiger partial charge in [-0.05, 0) is 24.8 Å². The molecular weight excluding hydrogens is 186 g/mol. The maximum Gasteiger partial charge on any atom is 0.127 e. The molecule has 2 rings (SSSR count). The quantitative estimate of drug-likeness (QED) is 0.776. The van der Waals surface area contributed by atoms with Gasteiger partial charge in [-0.1, -0.05) is 13.3 Å². The average molecular weight is 205 g/mol. The molecular formula is C12H19N3. The summed E-state index contributed by atoms with van der Waals surface area (Å²) in [6.45, 7) is 2.25. The largest absolute Gasteiger partial charge is 0.382 e. The fourth-order valence-corrected chi connectivity index (χ4v) is 1.99. The molecule has 2 atom stereocenters. The third-order valence-corrected chi connectivity index (χ3v) is 2.95. The second kappa shape index (κ2) is 4.51. The molecule has 0 spiro atoms. The fourth-order valence-electron chi connectivity index (χ4n) is 1.99. The number of hydrogen-bond acceptors (Lipinski definition) is 3. The Morgan fingerprint density at radius 3 is 3.13 bits per heavy atom. The lowest BCUT2D eigenvalue weighted by atomic mass is 10.2. The predicted molar refractivity (Wildman–Crippen MR) is 64.2 cm³/mol. The van der Waals surface area contributed by atoms with E-state index >= 15 is 0 Å². The third kappa shape index (κ3) is 2.61. The monoisotopic (exact) mass is 205 g/mol. The average Bonchev–Trinajstić information content (AvgIpc) is 2.97. The van der Waals surface area contributed by atoms with Crippen LogP contribution in [-0.2, 0) is 0 Å². The topological polar surface area (TPSA) is 37.0 Å². The molecule has 3 heteroatoms. The molecule has 0 aromatic carbocycles. The van der Waals surface area contributed by atoms with Crippen molar-refractivity contribution >= 4 is 11.5 Å². The van der Waals surface area contributed by atoms with Crippen LogP contribution in [-0.4, -0.2) is 18.1 Å². The molecule has 82 valence electrons. The molecule has 0 amide bonds. The summed E-state index contributed by atoms with van der Waals surface area (Å²) in [7, 11) is 1.89. The van der Waals surface area contributed by atoms with Gasteiger partial charge in [0, 0.05) is 31.0 Å². The van der Waals surface area contributed by atoms with Gasteiger partial charge >= 0.3 is 0 Å². The minimum absolute atomic E-state index is 0.692. The van der Waals surface area contributed by atoms with Crippen LogP contribution in [0.15, 0.2) is 18.3 Å². The van der Waals surface area contributed by atoms with Gasteiger partial charge < -0.3 is 10.6 Å². The van der Waals surface area contributed by atoms with Crippen LogP contribution in [0.3, 0.4) is 0 Å². The Hall–Kier alpha value is -1.25. The zero-order chi connectivity index (χ0) is 10.7. The molecule has 0 aliphatic heterocycles. The lowest BCUT2D eigenvalue weighted by molar-refractivity contribution is 0.693. The Balaban J connectivity index is 1.89. The van der Waals surface area contributed by atoms with Gasteiger partial charge in [0.15, 0.2) is 0 Å². The Morgan fingerprint density at radius 1 is 1.53 bits per heavy atom. The van der Waals surface area contributed by atoms with Crippen molar-refractivity contribution in [3.8, 4) is 0 Å². The summed E-state index contributed by atoms with van der Waals surface area (Å²) in [4.78, 5) is 4.19. The van der Waals surface area contributed by atoms with E-state index in [1.54, 1.807) is 0 Å². The van der Waals surface area contributed by atoms with Gasteiger partial charge in [-0.3, -0.25) is 0 Å². The molecule has 3 nitrogen and oxygen atoms in total. The van der Waals surface area contributed by atoms with Crippen LogP contribution < -0.4 is 10.6 Å². The van der Waals surface area contributed by atoms with Gasteiger partial charge in [0.05, 0.1) is 0 Å².